The monoisotopic (exact) mass is 134 g/mol. The molecular weight excluding hydrogens is 128 g/mol. The minimum atomic E-state index is 0.158. The van der Waals surface area contributed by atoms with Crippen molar-refractivity contribution < 1.29 is 0 Å². The first-order chi connectivity index (χ1) is 4.88. The zero-order valence-corrected chi connectivity index (χ0v) is 5.52. The third kappa shape index (κ3) is 0.618. The molecule has 2 rings (SSSR count). The summed E-state index contributed by atoms with van der Waals surface area (Å²) in [6.45, 7) is 1.98. The lowest BCUT2D eigenvalue weighted by molar-refractivity contribution is 0.810. The number of aromatic nitrogens is 2. The molecule has 1 unspecified atom stereocenters. The fraction of sp³-hybridized carbons (Fsp3) is 0.333. The van der Waals surface area contributed by atoms with E-state index in [2.05, 4.69) is 20.4 Å². The minimum absolute atomic E-state index is 0.158. The Morgan fingerprint density at radius 2 is 2.40 bits per heavy atom. The van der Waals surface area contributed by atoms with Gasteiger partial charge in [0.1, 0.15) is 0 Å². The second-order valence-electron chi connectivity index (χ2n) is 2.20. The Morgan fingerprint density at radius 3 is 3.20 bits per heavy atom. The minimum Gasteiger partial charge on any atom is -0.179 e. The van der Waals surface area contributed by atoms with Crippen LogP contribution >= 0.6 is 0 Å². The molecule has 1 aliphatic rings. The van der Waals surface area contributed by atoms with E-state index in [1.165, 1.54) is 0 Å². The first-order valence-electron chi connectivity index (χ1n) is 3.10. The van der Waals surface area contributed by atoms with Crippen molar-refractivity contribution in [2.45, 2.75) is 13.0 Å². The molecule has 0 saturated heterocycles. The molecule has 0 N–H and O–H groups in total. The summed E-state index contributed by atoms with van der Waals surface area (Å²) in [6.07, 6.45) is 1.66. The number of azo groups is 1. The molecule has 0 spiro atoms. The molecule has 0 fully saturated rings. The van der Waals surface area contributed by atoms with Crippen molar-refractivity contribution in [3.8, 4) is 0 Å². The Labute approximate surface area is 58.0 Å². The third-order valence-corrected chi connectivity index (χ3v) is 1.51. The Balaban J connectivity index is 2.59. The van der Waals surface area contributed by atoms with Gasteiger partial charge in [-0.3, -0.25) is 0 Å². The van der Waals surface area contributed by atoms with Crippen LogP contribution in [0.3, 0.4) is 0 Å². The van der Waals surface area contributed by atoms with Gasteiger partial charge >= 0.3 is 0 Å². The summed E-state index contributed by atoms with van der Waals surface area (Å²) in [5.41, 5.74) is 1.06. The fourth-order valence-electron chi connectivity index (χ4n) is 0.941. The predicted molar refractivity (Wildman–Crippen MR) is 35.0 cm³/mol. The highest BCUT2D eigenvalue weighted by Gasteiger charge is 2.15. The van der Waals surface area contributed by atoms with E-state index < -0.39 is 0 Å². The molecule has 0 saturated carbocycles. The highest BCUT2D eigenvalue weighted by atomic mass is 15.3. The highest BCUT2D eigenvalue weighted by molar-refractivity contribution is 5.40. The molecule has 1 aromatic heterocycles. The SMILES string of the molecule is CC1N=Nc2nnccc21. The van der Waals surface area contributed by atoms with Crippen LogP contribution < -0.4 is 0 Å². The lowest BCUT2D eigenvalue weighted by Gasteiger charge is -1.95. The maximum atomic E-state index is 3.93. The number of nitrogens with zero attached hydrogens (tertiary/aromatic N) is 4. The first kappa shape index (κ1) is 5.46. The molecule has 50 valence electrons. The lowest BCUT2D eigenvalue weighted by Crippen LogP contribution is -1.86. The summed E-state index contributed by atoms with van der Waals surface area (Å²) >= 11 is 0. The van der Waals surface area contributed by atoms with E-state index in [-0.39, 0.29) is 6.04 Å². The van der Waals surface area contributed by atoms with Gasteiger partial charge in [0.25, 0.3) is 0 Å². The molecule has 1 aromatic rings. The normalized spacial score (nSPS) is 21.1. The topological polar surface area (TPSA) is 50.5 Å². The van der Waals surface area contributed by atoms with Crippen LogP contribution in [0.4, 0.5) is 5.82 Å². The smallest absolute Gasteiger partial charge is 0.179 e. The molecule has 0 bridgehead atoms. The van der Waals surface area contributed by atoms with Crippen molar-refractivity contribution >= 4 is 5.82 Å². The fourth-order valence-corrected chi connectivity index (χ4v) is 0.941. The largest absolute Gasteiger partial charge is 0.201 e. The summed E-state index contributed by atoms with van der Waals surface area (Å²) < 4.78 is 0. The van der Waals surface area contributed by atoms with Gasteiger partial charge in [0.2, 0.25) is 5.82 Å². The Bertz CT molecular complexity index is 281. The molecule has 0 aliphatic carbocycles. The maximum absolute atomic E-state index is 3.93. The molecule has 2 heterocycles. The maximum Gasteiger partial charge on any atom is 0.201 e. The summed E-state index contributed by atoms with van der Waals surface area (Å²) in [5.74, 6) is 0.662. The van der Waals surface area contributed by atoms with Crippen LogP contribution in [-0.2, 0) is 0 Å². The molecule has 0 aromatic carbocycles. The van der Waals surface area contributed by atoms with Gasteiger partial charge in [-0.2, -0.15) is 10.2 Å². The van der Waals surface area contributed by atoms with Gasteiger partial charge in [-0.1, -0.05) is 0 Å². The van der Waals surface area contributed by atoms with Gasteiger partial charge in [-0.25, -0.2) is 0 Å². The summed E-state index contributed by atoms with van der Waals surface area (Å²) in [5, 5.41) is 15.2. The quantitative estimate of drug-likeness (QED) is 0.541. The van der Waals surface area contributed by atoms with Crippen LogP contribution in [0.15, 0.2) is 22.5 Å². The van der Waals surface area contributed by atoms with Gasteiger partial charge in [0, 0.05) is 5.56 Å². The van der Waals surface area contributed by atoms with Gasteiger partial charge in [0.15, 0.2) is 0 Å². The van der Waals surface area contributed by atoms with Crippen molar-refractivity contribution in [2.24, 2.45) is 10.2 Å². The Kier molecular flexibility index (Phi) is 1.00. The molecule has 4 nitrogen and oxygen atoms in total. The average molecular weight is 134 g/mol. The molecule has 10 heavy (non-hydrogen) atoms. The van der Waals surface area contributed by atoms with E-state index in [0.29, 0.717) is 5.82 Å². The summed E-state index contributed by atoms with van der Waals surface area (Å²) in [6, 6.07) is 2.05. The van der Waals surface area contributed by atoms with Crippen molar-refractivity contribution in [3.63, 3.8) is 0 Å². The van der Waals surface area contributed by atoms with Crippen LogP contribution in [0.5, 0.6) is 0 Å². The highest BCUT2D eigenvalue weighted by Crippen LogP contribution is 2.31. The number of rotatable bonds is 0. The molecule has 4 heteroatoms. The summed E-state index contributed by atoms with van der Waals surface area (Å²) in [7, 11) is 0. The lowest BCUT2D eigenvalue weighted by atomic mass is 10.2. The van der Waals surface area contributed by atoms with E-state index in [1.807, 2.05) is 13.0 Å². The van der Waals surface area contributed by atoms with Gasteiger partial charge < -0.3 is 0 Å². The van der Waals surface area contributed by atoms with Crippen LogP contribution in [0, 0.1) is 0 Å². The second-order valence-corrected chi connectivity index (χ2v) is 2.20. The van der Waals surface area contributed by atoms with Crippen LogP contribution in [0.1, 0.15) is 18.5 Å². The Hall–Kier alpha value is -1.32. The van der Waals surface area contributed by atoms with Crippen molar-refractivity contribution in [3.05, 3.63) is 17.8 Å². The van der Waals surface area contributed by atoms with E-state index in [1.54, 1.807) is 6.20 Å². The Morgan fingerprint density at radius 1 is 1.50 bits per heavy atom. The zero-order chi connectivity index (χ0) is 6.97. The average Bonchev–Trinajstić information content (AvgIpc) is 2.34. The third-order valence-electron chi connectivity index (χ3n) is 1.51. The standard InChI is InChI=1S/C6H6N4/c1-4-5-2-3-7-9-6(5)10-8-4/h2-4H,1H3. The van der Waals surface area contributed by atoms with Gasteiger partial charge in [0.05, 0.1) is 12.2 Å². The number of hydrogen-bond acceptors (Lipinski definition) is 4. The van der Waals surface area contributed by atoms with E-state index in [9.17, 15) is 0 Å². The van der Waals surface area contributed by atoms with Crippen molar-refractivity contribution in [1.29, 1.82) is 0 Å². The van der Waals surface area contributed by atoms with Crippen LogP contribution in [0.25, 0.3) is 0 Å². The van der Waals surface area contributed by atoms with Crippen LogP contribution in [0.2, 0.25) is 0 Å². The van der Waals surface area contributed by atoms with Crippen molar-refractivity contribution in [1.82, 2.24) is 10.2 Å². The summed E-state index contributed by atoms with van der Waals surface area (Å²) in [4.78, 5) is 0. The zero-order valence-electron chi connectivity index (χ0n) is 5.52. The second kappa shape index (κ2) is 1.83. The molecular formula is C6H6N4. The predicted octanol–water partition coefficient (Wildman–Crippen LogP) is 1.63. The van der Waals surface area contributed by atoms with Gasteiger partial charge in [-0.05, 0) is 13.0 Å². The van der Waals surface area contributed by atoms with E-state index in [4.69, 9.17) is 0 Å². The molecule has 1 atom stereocenters. The molecule has 1 aliphatic heterocycles. The van der Waals surface area contributed by atoms with Gasteiger partial charge in [-0.15, -0.1) is 10.2 Å². The molecule has 0 amide bonds. The first-order valence-corrected chi connectivity index (χ1v) is 3.10. The number of fused-ring (bicyclic) bond motifs is 1. The van der Waals surface area contributed by atoms with E-state index in [0.717, 1.165) is 5.56 Å². The molecule has 0 radical (unpaired) electrons. The van der Waals surface area contributed by atoms with Crippen molar-refractivity contribution in [2.75, 3.05) is 0 Å². The number of hydrogen-bond donors (Lipinski definition) is 0. The van der Waals surface area contributed by atoms with E-state index >= 15 is 0 Å². The van der Waals surface area contributed by atoms with Crippen LogP contribution in [-0.4, -0.2) is 10.2 Å².